The molecule has 2 aliphatic rings. The zero-order valence-electron chi connectivity index (χ0n) is 15.7. The Labute approximate surface area is 156 Å². The third-order valence-electron chi connectivity index (χ3n) is 5.65. The standard InChI is InChI=1S/C19H29N3O3S/c1-16-8-10-20(11-9-16)17(2)19(23)21-12-14-22(15-13-21)26(24,25)18-6-4-3-5-7-18/h3-7,16-17H,8-15H2,1-2H3. The molecule has 0 saturated carbocycles. The summed E-state index contributed by atoms with van der Waals surface area (Å²) >= 11 is 0. The first-order chi connectivity index (χ1) is 12.4. The molecule has 1 amide bonds. The molecule has 2 aliphatic heterocycles. The number of benzene rings is 1. The van der Waals surface area contributed by atoms with E-state index in [-0.39, 0.29) is 11.9 Å². The lowest BCUT2D eigenvalue weighted by molar-refractivity contribution is -0.138. The van der Waals surface area contributed by atoms with E-state index in [2.05, 4.69) is 11.8 Å². The van der Waals surface area contributed by atoms with Crippen molar-refractivity contribution in [2.45, 2.75) is 37.6 Å². The number of rotatable bonds is 4. The number of sulfonamides is 1. The number of carbonyl (C=O) groups is 1. The summed E-state index contributed by atoms with van der Waals surface area (Å²) in [6.45, 7) is 7.80. The van der Waals surface area contributed by atoms with Gasteiger partial charge in [-0.3, -0.25) is 9.69 Å². The van der Waals surface area contributed by atoms with E-state index in [4.69, 9.17) is 0 Å². The summed E-state index contributed by atoms with van der Waals surface area (Å²) in [5.41, 5.74) is 0. The number of piperidine rings is 1. The summed E-state index contributed by atoms with van der Waals surface area (Å²) in [6.07, 6.45) is 2.28. The summed E-state index contributed by atoms with van der Waals surface area (Å²) in [7, 11) is -3.47. The van der Waals surface area contributed by atoms with Crippen LogP contribution in [0.1, 0.15) is 26.7 Å². The van der Waals surface area contributed by atoms with Crippen molar-refractivity contribution in [2.24, 2.45) is 5.92 Å². The third kappa shape index (κ3) is 4.10. The summed E-state index contributed by atoms with van der Waals surface area (Å²) in [5, 5.41) is 0. The van der Waals surface area contributed by atoms with Gasteiger partial charge in [0.15, 0.2) is 0 Å². The van der Waals surface area contributed by atoms with E-state index in [0.29, 0.717) is 31.1 Å². The van der Waals surface area contributed by atoms with Crippen molar-refractivity contribution in [3.05, 3.63) is 30.3 Å². The SMILES string of the molecule is CC1CCN(C(C)C(=O)N2CCN(S(=O)(=O)c3ccccc3)CC2)CC1. The molecule has 1 aromatic carbocycles. The van der Waals surface area contributed by atoms with Gasteiger partial charge in [-0.1, -0.05) is 25.1 Å². The molecule has 2 fully saturated rings. The maximum atomic E-state index is 12.8. The van der Waals surface area contributed by atoms with Gasteiger partial charge in [0.25, 0.3) is 0 Å². The van der Waals surface area contributed by atoms with E-state index < -0.39 is 10.0 Å². The van der Waals surface area contributed by atoms with Crippen LogP contribution in [0.25, 0.3) is 0 Å². The van der Waals surface area contributed by atoms with Crippen molar-refractivity contribution in [1.82, 2.24) is 14.1 Å². The van der Waals surface area contributed by atoms with Crippen LogP contribution in [-0.2, 0) is 14.8 Å². The minimum absolute atomic E-state index is 0.122. The van der Waals surface area contributed by atoms with Gasteiger partial charge in [0.1, 0.15) is 0 Å². The van der Waals surface area contributed by atoms with Crippen LogP contribution in [0.2, 0.25) is 0 Å². The van der Waals surface area contributed by atoms with Gasteiger partial charge in [0, 0.05) is 26.2 Å². The second-order valence-electron chi connectivity index (χ2n) is 7.44. The Morgan fingerprint density at radius 1 is 1.00 bits per heavy atom. The zero-order valence-corrected chi connectivity index (χ0v) is 16.5. The number of nitrogens with zero attached hydrogens (tertiary/aromatic N) is 3. The molecule has 7 heteroatoms. The van der Waals surface area contributed by atoms with Crippen LogP contribution in [0.3, 0.4) is 0 Å². The van der Waals surface area contributed by atoms with Crippen LogP contribution in [0.5, 0.6) is 0 Å². The lowest BCUT2D eigenvalue weighted by atomic mass is 9.98. The van der Waals surface area contributed by atoms with Crippen LogP contribution < -0.4 is 0 Å². The molecule has 144 valence electrons. The Bertz CT molecular complexity index is 707. The summed E-state index contributed by atoms with van der Waals surface area (Å²) in [6, 6.07) is 8.37. The zero-order chi connectivity index (χ0) is 18.7. The van der Waals surface area contributed by atoms with E-state index in [1.165, 1.54) is 4.31 Å². The van der Waals surface area contributed by atoms with Crippen molar-refractivity contribution < 1.29 is 13.2 Å². The molecular weight excluding hydrogens is 350 g/mol. The Morgan fingerprint density at radius 3 is 2.15 bits per heavy atom. The predicted octanol–water partition coefficient (Wildman–Crippen LogP) is 1.64. The molecule has 3 rings (SSSR count). The van der Waals surface area contributed by atoms with E-state index in [0.717, 1.165) is 31.8 Å². The minimum Gasteiger partial charge on any atom is -0.339 e. The largest absolute Gasteiger partial charge is 0.339 e. The average molecular weight is 380 g/mol. The summed E-state index contributed by atoms with van der Waals surface area (Å²) in [4.78, 5) is 17.2. The monoisotopic (exact) mass is 379 g/mol. The number of hydrogen-bond donors (Lipinski definition) is 0. The molecule has 1 unspecified atom stereocenters. The molecule has 6 nitrogen and oxygen atoms in total. The van der Waals surface area contributed by atoms with E-state index in [1.54, 1.807) is 30.3 Å². The first-order valence-electron chi connectivity index (χ1n) is 9.47. The fraction of sp³-hybridized carbons (Fsp3) is 0.632. The highest BCUT2D eigenvalue weighted by molar-refractivity contribution is 7.89. The van der Waals surface area contributed by atoms with E-state index in [1.807, 2.05) is 11.8 Å². The van der Waals surface area contributed by atoms with Crippen molar-refractivity contribution in [3.8, 4) is 0 Å². The van der Waals surface area contributed by atoms with Gasteiger partial charge in [0.05, 0.1) is 10.9 Å². The third-order valence-corrected chi connectivity index (χ3v) is 7.57. The molecular formula is C19H29N3O3S. The normalized spacial score (nSPS) is 22.3. The Kier molecular flexibility index (Phi) is 5.99. The fourth-order valence-corrected chi connectivity index (χ4v) is 5.17. The number of hydrogen-bond acceptors (Lipinski definition) is 4. The minimum atomic E-state index is -3.47. The fourth-order valence-electron chi connectivity index (χ4n) is 3.73. The smallest absolute Gasteiger partial charge is 0.243 e. The van der Waals surface area contributed by atoms with Gasteiger partial charge in [0.2, 0.25) is 15.9 Å². The molecule has 2 saturated heterocycles. The second-order valence-corrected chi connectivity index (χ2v) is 9.37. The number of piperazine rings is 1. The topological polar surface area (TPSA) is 60.9 Å². The Morgan fingerprint density at radius 2 is 1.58 bits per heavy atom. The quantitative estimate of drug-likeness (QED) is 0.798. The first kappa shape index (κ1) is 19.3. The van der Waals surface area contributed by atoms with E-state index >= 15 is 0 Å². The Balaban J connectivity index is 1.57. The summed E-state index contributed by atoms with van der Waals surface area (Å²) in [5.74, 6) is 0.858. The van der Waals surface area contributed by atoms with Crippen LogP contribution in [0.15, 0.2) is 35.2 Å². The molecule has 1 atom stereocenters. The number of amides is 1. The van der Waals surface area contributed by atoms with Crippen molar-refractivity contribution in [1.29, 1.82) is 0 Å². The van der Waals surface area contributed by atoms with Gasteiger partial charge >= 0.3 is 0 Å². The molecule has 0 aromatic heterocycles. The molecule has 0 N–H and O–H groups in total. The van der Waals surface area contributed by atoms with Gasteiger partial charge < -0.3 is 4.90 Å². The number of carbonyl (C=O) groups excluding carboxylic acids is 1. The molecule has 26 heavy (non-hydrogen) atoms. The first-order valence-corrected chi connectivity index (χ1v) is 10.9. The summed E-state index contributed by atoms with van der Waals surface area (Å²) < 4.78 is 26.9. The maximum absolute atomic E-state index is 12.8. The van der Waals surface area contributed by atoms with Crippen molar-refractivity contribution >= 4 is 15.9 Å². The van der Waals surface area contributed by atoms with Crippen LogP contribution in [0, 0.1) is 5.92 Å². The highest BCUT2D eigenvalue weighted by atomic mass is 32.2. The van der Waals surface area contributed by atoms with Crippen LogP contribution >= 0.6 is 0 Å². The molecule has 0 radical (unpaired) electrons. The maximum Gasteiger partial charge on any atom is 0.243 e. The highest BCUT2D eigenvalue weighted by Crippen LogP contribution is 2.21. The van der Waals surface area contributed by atoms with Crippen LogP contribution in [0.4, 0.5) is 0 Å². The molecule has 0 spiro atoms. The highest BCUT2D eigenvalue weighted by Gasteiger charge is 2.33. The van der Waals surface area contributed by atoms with Gasteiger partial charge in [-0.2, -0.15) is 4.31 Å². The van der Waals surface area contributed by atoms with Gasteiger partial charge in [-0.15, -0.1) is 0 Å². The van der Waals surface area contributed by atoms with Crippen LogP contribution in [-0.4, -0.2) is 73.7 Å². The Hall–Kier alpha value is -1.44. The van der Waals surface area contributed by atoms with Gasteiger partial charge in [-0.05, 0) is 50.9 Å². The average Bonchev–Trinajstić information content (AvgIpc) is 2.68. The lowest BCUT2D eigenvalue weighted by Gasteiger charge is -2.39. The lowest BCUT2D eigenvalue weighted by Crippen LogP contribution is -2.55. The molecule has 0 aliphatic carbocycles. The van der Waals surface area contributed by atoms with E-state index in [9.17, 15) is 13.2 Å². The van der Waals surface area contributed by atoms with Crippen molar-refractivity contribution in [3.63, 3.8) is 0 Å². The predicted molar refractivity (Wildman–Crippen MR) is 101 cm³/mol. The molecule has 1 aromatic rings. The number of likely N-dealkylation sites (tertiary alicyclic amines) is 1. The van der Waals surface area contributed by atoms with Gasteiger partial charge in [-0.25, -0.2) is 8.42 Å². The van der Waals surface area contributed by atoms with Crippen molar-refractivity contribution in [2.75, 3.05) is 39.3 Å². The second kappa shape index (κ2) is 8.06. The molecule has 2 heterocycles. The molecule has 0 bridgehead atoms.